The highest BCUT2D eigenvalue weighted by atomic mass is 16.4. The van der Waals surface area contributed by atoms with E-state index in [1.807, 2.05) is 0 Å². The minimum atomic E-state index is -0.696. The summed E-state index contributed by atoms with van der Waals surface area (Å²) in [6.07, 6.45) is 38.5. The number of aliphatic carboxylic acids is 2. The summed E-state index contributed by atoms with van der Waals surface area (Å²) in [5.74, 6) is 1.24. The van der Waals surface area contributed by atoms with Gasteiger partial charge in [0.05, 0.1) is 0 Å². The standard InChI is InChI=1S/C36H62O4/c1-3-5-7-9-13-19-25-33-31(23-17-8-6-4-2)29-30-32(24-18-12-10-15-21-27-35(37)38)34(33)26-20-14-11-16-22-28-36(39)40/h13-14,19-20,29-34H,3-12,15-18,21-28H2,1-2H3,(H,37,38)(H,39,40)/b19-13+,20-14+. The van der Waals surface area contributed by atoms with Gasteiger partial charge in [-0.1, -0.05) is 115 Å². The lowest BCUT2D eigenvalue weighted by atomic mass is 9.65. The average molecular weight is 559 g/mol. The summed E-state index contributed by atoms with van der Waals surface area (Å²) >= 11 is 0. The Morgan fingerprint density at radius 1 is 0.550 bits per heavy atom. The third-order valence-electron chi connectivity index (χ3n) is 8.71. The molecule has 230 valence electrons. The number of carboxylic acids is 2. The van der Waals surface area contributed by atoms with Crippen molar-refractivity contribution in [3.05, 3.63) is 36.5 Å². The Bertz CT molecular complexity index is 722. The molecule has 4 heteroatoms. The smallest absolute Gasteiger partial charge is 0.303 e. The van der Waals surface area contributed by atoms with Gasteiger partial charge >= 0.3 is 11.9 Å². The Labute approximate surface area is 246 Å². The molecule has 0 aromatic heterocycles. The lowest BCUT2D eigenvalue weighted by Gasteiger charge is -2.40. The monoisotopic (exact) mass is 558 g/mol. The maximum absolute atomic E-state index is 10.8. The topological polar surface area (TPSA) is 74.6 Å². The van der Waals surface area contributed by atoms with Crippen molar-refractivity contribution in [3.63, 3.8) is 0 Å². The number of allylic oxidation sites excluding steroid dienone is 6. The molecule has 1 aliphatic rings. The first-order chi connectivity index (χ1) is 19.5. The summed E-state index contributed by atoms with van der Waals surface area (Å²) in [5.41, 5.74) is 0. The summed E-state index contributed by atoms with van der Waals surface area (Å²) in [5, 5.41) is 17.8. The van der Waals surface area contributed by atoms with Crippen LogP contribution in [0.25, 0.3) is 0 Å². The van der Waals surface area contributed by atoms with Crippen LogP contribution in [0.15, 0.2) is 36.5 Å². The second-order valence-corrected chi connectivity index (χ2v) is 12.1. The summed E-state index contributed by atoms with van der Waals surface area (Å²) in [7, 11) is 0. The highest BCUT2D eigenvalue weighted by molar-refractivity contribution is 5.66. The van der Waals surface area contributed by atoms with Gasteiger partial charge in [-0.3, -0.25) is 9.59 Å². The van der Waals surface area contributed by atoms with Gasteiger partial charge in [-0.05, 0) is 87.9 Å². The molecule has 0 aliphatic heterocycles. The molecule has 40 heavy (non-hydrogen) atoms. The molecule has 0 aromatic rings. The minimum absolute atomic E-state index is 0.270. The van der Waals surface area contributed by atoms with E-state index in [1.54, 1.807) is 0 Å². The van der Waals surface area contributed by atoms with E-state index in [1.165, 1.54) is 83.5 Å². The van der Waals surface area contributed by atoms with Gasteiger partial charge in [-0.25, -0.2) is 0 Å². The van der Waals surface area contributed by atoms with Crippen molar-refractivity contribution in [2.24, 2.45) is 23.7 Å². The summed E-state index contributed by atoms with van der Waals surface area (Å²) in [4.78, 5) is 21.6. The summed E-state index contributed by atoms with van der Waals surface area (Å²) in [6, 6.07) is 0. The normalized spacial score (nSPS) is 21.1. The van der Waals surface area contributed by atoms with E-state index >= 15 is 0 Å². The third-order valence-corrected chi connectivity index (χ3v) is 8.71. The van der Waals surface area contributed by atoms with Gasteiger partial charge in [-0.2, -0.15) is 0 Å². The largest absolute Gasteiger partial charge is 0.481 e. The van der Waals surface area contributed by atoms with E-state index < -0.39 is 11.9 Å². The van der Waals surface area contributed by atoms with Crippen LogP contribution >= 0.6 is 0 Å². The van der Waals surface area contributed by atoms with E-state index in [0.29, 0.717) is 30.1 Å². The van der Waals surface area contributed by atoms with Crippen molar-refractivity contribution in [2.45, 2.75) is 155 Å². The first-order valence-electron chi connectivity index (χ1n) is 16.9. The van der Waals surface area contributed by atoms with Gasteiger partial charge in [0.1, 0.15) is 0 Å². The molecular formula is C36H62O4. The quantitative estimate of drug-likeness (QED) is 0.0817. The molecule has 4 nitrogen and oxygen atoms in total. The maximum Gasteiger partial charge on any atom is 0.303 e. The van der Waals surface area contributed by atoms with Crippen molar-refractivity contribution in [3.8, 4) is 0 Å². The zero-order chi connectivity index (χ0) is 29.3. The molecule has 4 unspecified atom stereocenters. The van der Waals surface area contributed by atoms with E-state index in [0.717, 1.165) is 44.9 Å². The Balaban J connectivity index is 2.84. The number of hydrogen-bond acceptors (Lipinski definition) is 2. The molecular weight excluding hydrogens is 496 g/mol. The highest BCUT2D eigenvalue weighted by Crippen LogP contribution is 2.43. The van der Waals surface area contributed by atoms with Gasteiger partial charge < -0.3 is 10.2 Å². The van der Waals surface area contributed by atoms with Crippen molar-refractivity contribution in [1.82, 2.24) is 0 Å². The average Bonchev–Trinajstić information content (AvgIpc) is 2.92. The molecule has 0 saturated carbocycles. The predicted octanol–water partition coefficient (Wildman–Crippen LogP) is 10.9. The van der Waals surface area contributed by atoms with Gasteiger partial charge in [0.15, 0.2) is 0 Å². The van der Waals surface area contributed by atoms with Crippen LogP contribution in [-0.4, -0.2) is 22.2 Å². The Morgan fingerprint density at radius 3 is 1.45 bits per heavy atom. The molecule has 4 atom stereocenters. The van der Waals surface area contributed by atoms with E-state index in [-0.39, 0.29) is 6.42 Å². The fourth-order valence-electron chi connectivity index (χ4n) is 6.31. The fraction of sp³-hybridized carbons (Fsp3) is 0.778. The molecule has 0 aromatic carbocycles. The van der Waals surface area contributed by atoms with Crippen molar-refractivity contribution < 1.29 is 19.8 Å². The van der Waals surface area contributed by atoms with Gasteiger partial charge in [0.25, 0.3) is 0 Å². The molecule has 0 heterocycles. The van der Waals surface area contributed by atoms with Crippen LogP contribution in [0, 0.1) is 23.7 Å². The van der Waals surface area contributed by atoms with E-state index in [4.69, 9.17) is 10.2 Å². The second-order valence-electron chi connectivity index (χ2n) is 12.1. The van der Waals surface area contributed by atoms with Gasteiger partial charge in [-0.15, -0.1) is 0 Å². The van der Waals surface area contributed by atoms with Crippen LogP contribution in [0.1, 0.15) is 155 Å². The van der Waals surface area contributed by atoms with Gasteiger partial charge in [0, 0.05) is 12.8 Å². The van der Waals surface area contributed by atoms with Crippen LogP contribution in [0.2, 0.25) is 0 Å². The van der Waals surface area contributed by atoms with Crippen molar-refractivity contribution in [2.75, 3.05) is 0 Å². The van der Waals surface area contributed by atoms with Crippen molar-refractivity contribution >= 4 is 11.9 Å². The van der Waals surface area contributed by atoms with E-state index in [2.05, 4.69) is 50.3 Å². The molecule has 0 amide bonds. The Kier molecular flexibility index (Phi) is 22.5. The number of hydrogen-bond donors (Lipinski definition) is 2. The number of rotatable bonds is 26. The fourth-order valence-corrected chi connectivity index (χ4v) is 6.31. The Morgan fingerprint density at radius 2 is 0.950 bits per heavy atom. The number of carboxylic acid groups (broad SMARTS) is 2. The third kappa shape index (κ3) is 18.5. The lowest BCUT2D eigenvalue weighted by Crippen LogP contribution is -2.31. The molecule has 0 saturated heterocycles. The first kappa shape index (κ1) is 36.2. The summed E-state index contributed by atoms with van der Waals surface area (Å²) in [6.45, 7) is 4.55. The maximum atomic E-state index is 10.8. The molecule has 0 spiro atoms. The molecule has 0 bridgehead atoms. The van der Waals surface area contributed by atoms with Crippen molar-refractivity contribution in [1.29, 1.82) is 0 Å². The van der Waals surface area contributed by atoms with E-state index in [9.17, 15) is 9.59 Å². The minimum Gasteiger partial charge on any atom is -0.481 e. The van der Waals surface area contributed by atoms with Crippen LogP contribution < -0.4 is 0 Å². The Hall–Kier alpha value is -1.84. The zero-order valence-electron chi connectivity index (χ0n) is 26.0. The first-order valence-corrected chi connectivity index (χ1v) is 16.9. The molecule has 0 radical (unpaired) electrons. The van der Waals surface area contributed by atoms with Crippen LogP contribution in [0.3, 0.4) is 0 Å². The number of carbonyl (C=O) groups is 2. The highest BCUT2D eigenvalue weighted by Gasteiger charge is 2.34. The van der Waals surface area contributed by atoms with Crippen LogP contribution in [-0.2, 0) is 9.59 Å². The molecule has 1 rings (SSSR count). The molecule has 0 fully saturated rings. The predicted molar refractivity (Wildman–Crippen MR) is 170 cm³/mol. The second kappa shape index (κ2) is 24.9. The number of unbranched alkanes of at least 4 members (excludes halogenated alkanes) is 12. The molecule has 1 aliphatic carbocycles. The SMILES string of the molecule is CCCCC/C=C/CC1C(CCCCCC)C=CC(CCCCCCCC(=O)O)C1C/C=C/CCCCC(=O)O. The lowest BCUT2D eigenvalue weighted by molar-refractivity contribution is -0.138. The van der Waals surface area contributed by atoms with Gasteiger partial charge in [0.2, 0.25) is 0 Å². The summed E-state index contributed by atoms with van der Waals surface area (Å²) < 4.78 is 0. The van der Waals surface area contributed by atoms with Crippen LogP contribution in [0.5, 0.6) is 0 Å². The van der Waals surface area contributed by atoms with Crippen LogP contribution in [0.4, 0.5) is 0 Å². The zero-order valence-corrected chi connectivity index (χ0v) is 26.0. The molecule has 2 N–H and O–H groups in total.